The molecule has 0 heterocycles. The van der Waals surface area contributed by atoms with Gasteiger partial charge in [-0.3, -0.25) is 4.55 Å². The van der Waals surface area contributed by atoms with Crippen molar-refractivity contribution in [2.45, 2.75) is 30.9 Å². The van der Waals surface area contributed by atoms with Crippen LogP contribution < -0.4 is 0 Å². The van der Waals surface area contributed by atoms with Gasteiger partial charge in [-0.05, 0) is 6.42 Å². The van der Waals surface area contributed by atoms with Crippen LogP contribution in [0.1, 0.15) is 12.8 Å². The average molecular weight is 292 g/mol. The van der Waals surface area contributed by atoms with Crippen LogP contribution >= 0.6 is 0 Å². The highest BCUT2D eigenvalue weighted by molar-refractivity contribution is 7.85. The SMILES string of the molecule is O=S(=O)(O)CCCC(F)(C(F)(F)F)C(F)(F)F. The van der Waals surface area contributed by atoms with E-state index in [1.807, 2.05) is 0 Å². The molecule has 0 saturated carbocycles. The van der Waals surface area contributed by atoms with Crippen molar-refractivity contribution in [1.82, 2.24) is 0 Å². The van der Waals surface area contributed by atoms with Gasteiger partial charge in [-0.25, -0.2) is 4.39 Å². The van der Waals surface area contributed by atoms with E-state index >= 15 is 0 Å². The van der Waals surface area contributed by atoms with E-state index in [2.05, 4.69) is 0 Å². The summed E-state index contributed by atoms with van der Waals surface area (Å²) in [6.07, 6.45) is -15.8. The molecule has 3 nitrogen and oxygen atoms in total. The minimum atomic E-state index is -6.20. The van der Waals surface area contributed by atoms with E-state index in [-0.39, 0.29) is 0 Å². The molecule has 0 bridgehead atoms. The maximum Gasteiger partial charge on any atom is 0.431 e. The van der Waals surface area contributed by atoms with Gasteiger partial charge in [-0.1, -0.05) is 0 Å². The average Bonchev–Trinajstić information content (AvgIpc) is 1.96. The smallest absolute Gasteiger partial charge is 0.286 e. The summed E-state index contributed by atoms with van der Waals surface area (Å²) in [5, 5.41) is 0. The van der Waals surface area contributed by atoms with Crippen LogP contribution in [0.3, 0.4) is 0 Å². The Morgan fingerprint density at radius 1 is 0.882 bits per heavy atom. The number of hydrogen-bond donors (Lipinski definition) is 1. The Kier molecular flexibility index (Phi) is 4.44. The Bertz CT molecular complexity index is 341. The lowest BCUT2D eigenvalue weighted by atomic mass is 9.99. The summed E-state index contributed by atoms with van der Waals surface area (Å²) in [4.78, 5) is 0. The number of alkyl halides is 7. The largest absolute Gasteiger partial charge is 0.431 e. The zero-order chi connectivity index (χ0) is 14.1. The first-order valence-corrected chi connectivity index (χ1v) is 5.59. The predicted molar refractivity (Wildman–Crippen MR) is 41.6 cm³/mol. The van der Waals surface area contributed by atoms with Gasteiger partial charge in [-0.15, -0.1) is 0 Å². The molecule has 0 aromatic rings. The number of halogens is 7. The van der Waals surface area contributed by atoms with Crippen molar-refractivity contribution in [3.8, 4) is 0 Å². The molecule has 0 fully saturated rings. The summed E-state index contributed by atoms with van der Waals surface area (Å²) < 4.78 is 113. The van der Waals surface area contributed by atoms with Gasteiger partial charge in [0.05, 0.1) is 5.75 Å². The van der Waals surface area contributed by atoms with Crippen LogP contribution in [0.4, 0.5) is 30.7 Å². The standard InChI is InChI=1S/C6H7F7O3S/c7-4(5(8,9)10,6(11,12)13)2-1-3-17(14,15)16/h1-3H2,(H,14,15,16). The van der Waals surface area contributed by atoms with Crippen LogP contribution in [-0.4, -0.2) is 36.7 Å². The Hall–Kier alpha value is -0.580. The fourth-order valence-corrected chi connectivity index (χ4v) is 1.45. The van der Waals surface area contributed by atoms with Crippen LogP contribution in [0.15, 0.2) is 0 Å². The molecule has 0 aliphatic rings. The van der Waals surface area contributed by atoms with Gasteiger partial charge >= 0.3 is 12.4 Å². The van der Waals surface area contributed by atoms with Crippen molar-refractivity contribution in [1.29, 1.82) is 0 Å². The molecular formula is C6H7F7O3S. The highest BCUT2D eigenvalue weighted by Gasteiger charge is 2.71. The molecule has 0 aromatic carbocycles. The first-order valence-electron chi connectivity index (χ1n) is 3.98. The normalized spacial score (nSPS) is 15.1. The van der Waals surface area contributed by atoms with E-state index in [0.717, 1.165) is 0 Å². The lowest BCUT2D eigenvalue weighted by molar-refractivity contribution is -0.343. The maximum absolute atomic E-state index is 12.9. The van der Waals surface area contributed by atoms with Crippen LogP contribution in [-0.2, 0) is 10.1 Å². The van der Waals surface area contributed by atoms with Crippen molar-refractivity contribution in [3.05, 3.63) is 0 Å². The highest BCUT2D eigenvalue weighted by Crippen LogP contribution is 2.48. The summed E-state index contributed by atoms with van der Waals surface area (Å²) in [5.74, 6) is -1.38. The molecule has 0 aliphatic carbocycles. The molecule has 0 spiro atoms. The molecule has 11 heteroatoms. The van der Waals surface area contributed by atoms with E-state index in [1.54, 1.807) is 0 Å². The predicted octanol–water partition coefficient (Wildman–Crippen LogP) is 2.49. The fourth-order valence-electron chi connectivity index (χ4n) is 0.942. The van der Waals surface area contributed by atoms with E-state index in [1.165, 1.54) is 0 Å². The van der Waals surface area contributed by atoms with Gasteiger partial charge in [0.1, 0.15) is 0 Å². The van der Waals surface area contributed by atoms with Crippen LogP contribution in [0.2, 0.25) is 0 Å². The molecule has 0 saturated heterocycles. The second-order valence-corrected chi connectivity index (χ2v) is 4.76. The molecule has 0 aromatic heterocycles. The number of rotatable bonds is 4. The van der Waals surface area contributed by atoms with Crippen molar-refractivity contribution >= 4 is 10.1 Å². The van der Waals surface area contributed by atoms with Gasteiger partial charge in [0, 0.05) is 6.42 Å². The molecule has 0 radical (unpaired) electrons. The molecule has 0 atom stereocenters. The van der Waals surface area contributed by atoms with Crippen molar-refractivity contribution in [3.63, 3.8) is 0 Å². The third kappa shape index (κ3) is 4.30. The van der Waals surface area contributed by atoms with Crippen molar-refractivity contribution in [2.24, 2.45) is 0 Å². The molecule has 0 unspecified atom stereocenters. The lowest BCUT2D eigenvalue weighted by Gasteiger charge is -2.29. The van der Waals surface area contributed by atoms with Crippen molar-refractivity contribution < 1.29 is 43.7 Å². The first-order chi connectivity index (χ1) is 7.21. The third-order valence-corrected chi connectivity index (χ3v) is 2.63. The third-order valence-electron chi connectivity index (χ3n) is 1.82. The number of hydrogen-bond acceptors (Lipinski definition) is 2. The zero-order valence-corrected chi connectivity index (χ0v) is 8.76. The van der Waals surface area contributed by atoms with Crippen LogP contribution in [0.5, 0.6) is 0 Å². The van der Waals surface area contributed by atoms with Gasteiger partial charge < -0.3 is 0 Å². The minimum absolute atomic E-state index is 1.31. The van der Waals surface area contributed by atoms with E-state index < -0.39 is 46.7 Å². The summed E-state index contributed by atoms with van der Waals surface area (Å²) in [5.41, 5.74) is -5.48. The Morgan fingerprint density at radius 2 is 1.24 bits per heavy atom. The summed E-state index contributed by atoms with van der Waals surface area (Å²) >= 11 is 0. The van der Waals surface area contributed by atoms with Crippen LogP contribution in [0.25, 0.3) is 0 Å². The van der Waals surface area contributed by atoms with Gasteiger partial charge in [-0.2, -0.15) is 34.8 Å². The van der Waals surface area contributed by atoms with E-state index in [0.29, 0.717) is 0 Å². The second-order valence-electron chi connectivity index (χ2n) is 3.19. The van der Waals surface area contributed by atoms with Gasteiger partial charge in [0.15, 0.2) is 0 Å². The maximum atomic E-state index is 12.9. The monoisotopic (exact) mass is 292 g/mol. The van der Waals surface area contributed by atoms with Gasteiger partial charge in [0.2, 0.25) is 0 Å². The van der Waals surface area contributed by atoms with Gasteiger partial charge in [0.25, 0.3) is 15.8 Å². The molecular weight excluding hydrogens is 285 g/mol. The first kappa shape index (κ1) is 16.4. The lowest BCUT2D eigenvalue weighted by Crippen LogP contribution is -2.53. The summed E-state index contributed by atoms with van der Waals surface area (Å²) in [6.45, 7) is 0. The van der Waals surface area contributed by atoms with E-state index in [9.17, 15) is 39.2 Å². The molecule has 104 valence electrons. The Labute approximate surface area is 91.4 Å². The van der Waals surface area contributed by atoms with Crippen molar-refractivity contribution in [2.75, 3.05) is 5.75 Å². The molecule has 0 aliphatic heterocycles. The molecule has 17 heavy (non-hydrogen) atoms. The Balaban J connectivity index is 4.89. The quantitative estimate of drug-likeness (QED) is 0.640. The minimum Gasteiger partial charge on any atom is -0.286 e. The summed E-state index contributed by atoms with van der Waals surface area (Å²) in [7, 11) is -4.74. The summed E-state index contributed by atoms with van der Waals surface area (Å²) in [6, 6.07) is 0. The molecule has 1 N–H and O–H groups in total. The van der Waals surface area contributed by atoms with Crippen LogP contribution in [0, 0.1) is 0 Å². The van der Waals surface area contributed by atoms with E-state index in [4.69, 9.17) is 4.55 Å². The highest BCUT2D eigenvalue weighted by atomic mass is 32.2. The zero-order valence-electron chi connectivity index (χ0n) is 7.94. The topological polar surface area (TPSA) is 54.4 Å². The second kappa shape index (κ2) is 4.59. The Morgan fingerprint density at radius 3 is 1.47 bits per heavy atom. The fraction of sp³-hybridized carbons (Fsp3) is 1.00. The molecule has 0 amide bonds. The molecule has 0 rings (SSSR count).